The van der Waals surface area contributed by atoms with Gasteiger partial charge in [-0.1, -0.05) is 12.1 Å². The van der Waals surface area contributed by atoms with Crippen LogP contribution in [0.3, 0.4) is 0 Å². The number of nitrogens with one attached hydrogen (secondary N) is 1. The van der Waals surface area contributed by atoms with Crippen LogP contribution in [0.1, 0.15) is 6.92 Å². The number of aliphatic hydroxyl groups excluding tert-OH is 1. The zero-order valence-electron chi connectivity index (χ0n) is 14.1. The van der Waals surface area contributed by atoms with Crippen molar-refractivity contribution in [3.63, 3.8) is 0 Å². The van der Waals surface area contributed by atoms with E-state index in [2.05, 4.69) is 15.3 Å². The molecule has 0 saturated carbocycles. The van der Waals surface area contributed by atoms with Gasteiger partial charge < -0.3 is 14.7 Å². The van der Waals surface area contributed by atoms with Crippen LogP contribution in [0.15, 0.2) is 36.7 Å². The largest absolute Gasteiger partial charge is 0.436 e. The van der Waals surface area contributed by atoms with E-state index >= 15 is 0 Å². The number of nitrogens with zero attached hydrogens (tertiary/aromatic N) is 3. The number of alkyl halides is 3. The van der Waals surface area contributed by atoms with Gasteiger partial charge in [0.2, 0.25) is 5.88 Å². The number of hydrogen-bond acceptors (Lipinski definition) is 5. The Hall–Kier alpha value is -2.95. The average Bonchev–Trinajstić information content (AvgIpc) is 2.60. The summed E-state index contributed by atoms with van der Waals surface area (Å²) in [5, 5.41) is 11.4. The van der Waals surface area contributed by atoms with Crippen molar-refractivity contribution >= 4 is 11.8 Å². The first kappa shape index (κ1) is 20.4. The molecule has 0 spiro atoms. The van der Waals surface area contributed by atoms with Crippen molar-refractivity contribution in [2.45, 2.75) is 19.2 Å². The van der Waals surface area contributed by atoms with E-state index < -0.39 is 30.7 Å². The molecule has 0 radical (unpaired) electrons. The van der Waals surface area contributed by atoms with Crippen molar-refractivity contribution in [3.8, 4) is 11.6 Å². The molecule has 0 aliphatic carbocycles. The number of urea groups is 1. The van der Waals surface area contributed by atoms with Crippen LogP contribution in [0, 0.1) is 5.82 Å². The van der Waals surface area contributed by atoms with Crippen LogP contribution >= 0.6 is 0 Å². The van der Waals surface area contributed by atoms with Crippen LogP contribution < -0.4 is 10.1 Å². The number of carbonyl (C=O) groups is 1. The van der Waals surface area contributed by atoms with Gasteiger partial charge in [0.05, 0.1) is 6.54 Å². The number of aliphatic hydroxyl groups is 1. The Morgan fingerprint density at radius 3 is 2.67 bits per heavy atom. The molecule has 1 aromatic heterocycles. The van der Waals surface area contributed by atoms with Gasteiger partial charge in [0, 0.05) is 12.6 Å². The number of halogens is 4. The molecule has 1 atom stereocenters. The summed E-state index contributed by atoms with van der Waals surface area (Å²) in [5.41, 5.74) is 0. The summed E-state index contributed by atoms with van der Waals surface area (Å²) in [4.78, 5) is 20.4. The van der Waals surface area contributed by atoms with Crippen molar-refractivity contribution in [3.05, 3.63) is 42.5 Å². The number of anilines is 1. The second-order valence-electron chi connectivity index (χ2n) is 5.30. The smallest absolute Gasteiger partial charge is 0.416 e. The molecule has 27 heavy (non-hydrogen) atoms. The summed E-state index contributed by atoms with van der Waals surface area (Å²) < 4.78 is 56.2. The molecule has 2 aromatic rings. The van der Waals surface area contributed by atoms with Crippen LogP contribution in [0.25, 0.3) is 0 Å². The molecule has 11 heteroatoms. The summed E-state index contributed by atoms with van der Waals surface area (Å²) in [7, 11) is 0. The maximum atomic E-state index is 13.6. The monoisotopic (exact) mass is 388 g/mol. The van der Waals surface area contributed by atoms with Gasteiger partial charge >= 0.3 is 12.2 Å². The molecule has 2 rings (SSSR count). The number of ether oxygens (including phenoxy) is 1. The molecule has 146 valence electrons. The minimum absolute atomic E-state index is 0.0683. The van der Waals surface area contributed by atoms with Crippen molar-refractivity contribution in [1.82, 2.24) is 14.9 Å². The molecule has 7 nitrogen and oxygen atoms in total. The van der Waals surface area contributed by atoms with Crippen molar-refractivity contribution in [2.75, 3.05) is 18.4 Å². The van der Waals surface area contributed by atoms with Gasteiger partial charge in [0.15, 0.2) is 17.7 Å². The van der Waals surface area contributed by atoms with Crippen LogP contribution in [0.4, 0.5) is 28.2 Å². The maximum absolute atomic E-state index is 13.6. The molecule has 2 amide bonds. The SMILES string of the molecule is CCN(C[C@@H](O)C(F)(F)F)C(=O)Nc1cc(Oc2ccccc2F)ncn1. The highest BCUT2D eigenvalue weighted by atomic mass is 19.4. The lowest BCUT2D eigenvalue weighted by Crippen LogP contribution is -2.45. The third-order valence-electron chi connectivity index (χ3n) is 3.37. The first-order valence-electron chi connectivity index (χ1n) is 7.75. The number of aromatic nitrogens is 2. The van der Waals surface area contributed by atoms with Gasteiger partial charge in [-0.25, -0.2) is 19.2 Å². The van der Waals surface area contributed by atoms with E-state index in [-0.39, 0.29) is 24.0 Å². The molecule has 0 saturated heterocycles. The molecule has 0 bridgehead atoms. The van der Waals surface area contributed by atoms with Gasteiger partial charge in [0.25, 0.3) is 0 Å². The second-order valence-corrected chi connectivity index (χ2v) is 5.30. The number of para-hydroxylation sites is 1. The van der Waals surface area contributed by atoms with Gasteiger partial charge in [-0.3, -0.25) is 5.32 Å². The molecule has 1 aromatic carbocycles. The minimum Gasteiger partial charge on any atom is -0.436 e. The van der Waals surface area contributed by atoms with Crippen molar-refractivity contribution < 1.29 is 32.2 Å². The summed E-state index contributed by atoms with van der Waals surface area (Å²) in [6.07, 6.45) is -6.48. The van der Waals surface area contributed by atoms with E-state index in [0.717, 1.165) is 11.2 Å². The number of hydrogen-bond donors (Lipinski definition) is 2. The lowest BCUT2D eigenvalue weighted by atomic mass is 10.3. The Balaban J connectivity index is 2.06. The van der Waals surface area contributed by atoms with E-state index in [9.17, 15) is 22.4 Å². The fourth-order valence-electron chi connectivity index (χ4n) is 1.96. The topological polar surface area (TPSA) is 87.6 Å². The lowest BCUT2D eigenvalue weighted by Gasteiger charge is -2.25. The van der Waals surface area contributed by atoms with E-state index in [4.69, 9.17) is 9.84 Å². The Labute approximate surface area is 151 Å². The van der Waals surface area contributed by atoms with Gasteiger partial charge in [-0.2, -0.15) is 13.2 Å². The summed E-state index contributed by atoms with van der Waals surface area (Å²) in [6, 6.07) is 5.85. The zero-order valence-corrected chi connectivity index (χ0v) is 14.1. The zero-order chi connectivity index (χ0) is 20.0. The minimum atomic E-state index is -4.84. The Bertz CT molecular complexity index is 788. The Morgan fingerprint density at radius 2 is 2.04 bits per heavy atom. The Morgan fingerprint density at radius 1 is 1.33 bits per heavy atom. The number of rotatable bonds is 6. The predicted molar refractivity (Wildman–Crippen MR) is 86.8 cm³/mol. The van der Waals surface area contributed by atoms with Gasteiger partial charge in [-0.15, -0.1) is 0 Å². The van der Waals surface area contributed by atoms with E-state index in [0.29, 0.717) is 0 Å². The number of benzene rings is 1. The predicted octanol–water partition coefficient (Wildman–Crippen LogP) is 3.19. The summed E-state index contributed by atoms with van der Waals surface area (Å²) in [5.74, 6) is -0.873. The number of carbonyl (C=O) groups excluding carboxylic acids is 1. The molecular weight excluding hydrogens is 372 g/mol. The first-order chi connectivity index (χ1) is 12.7. The highest BCUT2D eigenvalue weighted by molar-refractivity contribution is 5.88. The molecule has 0 fully saturated rings. The van der Waals surface area contributed by atoms with Gasteiger partial charge in [0.1, 0.15) is 12.1 Å². The molecule has 1 heterocycles. The van der Waals surface area contributed by atoms with Crippen molar-refractivity contribution in [2.24, 2.45) is 0 Å². The van der Waals surface area contributed by atoms with E-state index in [1.165, 1.54) is 31.2 Å². The van der Waals surface area contributed by atoms with E-state index in [1.54, 1.807) is 6.07 Å². The summed E-state index contributed by atoms with van der Waals surface area (Å²) in [6.45, 7) is 0.438. The fraction of sp³-hybridized carbons (Fsp3) is 0.312. The normalized spacial score (nSPS) is 12.4. The molecule has 0 unspecified atom stereocenters. The van der Waals surface area contributed by atoms with Crippen LogP contribution in [-0.2, 0) is 0 Å². The standard InChI is InChI=1S/C16H16F4N4O3/c1-2-24(8-12(25)16(18,19)20)15(26)23-13-7-14(22-9-21-13)27-11-6-4-3-5-10(11)17/h3-7,9,12,25H,2,8H2,1H3,(H,21,22,23,26)/t12-/m1/s1. The molecular formula is C16H16F4N4O3. The maximum Gasteiger partial charge on any atom is 0.416 e. The molecule has 2 N–H and O–H groups in total. The summed E-state index contributed by atoms with van der Waals surface area (Å²) >= 11 is 0. The first-order valence-corrected chi connectivity index (χ1v) is 7.75. The quantitative estimate of drug-likeness (QED) is 0.743. The number of amides is 2. The fourth-order valence-corrected chi connectivity index (χ4v) is 1.96. The third-order valence-corrected chi connectivity index (χ3v) is 3.37. The lowest BCUT2D eigenvalue weighted by molar-refractivity contribution is -0.206. The van der Waals surface area contributed by atoms with Crippen LogP contribution in [0.5, 0.6) is 11.6 Å². The highest BCUT2D eigenvalue weighted by Crippen LogP contribution is 2.24. The molecule has 0 aliphatic rings. The molecule has 0 aliphatic heterocycles. The van der Waals surface area contributed by atoms with E-state index in [1.807, 2.05) is 0 Å². The van der Waals surface area contributed by atoms with Crippen molar-refractivity contribution in [1.29, 1.82) is 0 Å². The Kier molecular flexibility index (Phi) is 6.50. The van der Waals surface area contributed by atoms with Crippen LogP contribution in [-0.4, -0.2) is 51.4 Å². The number of likely N-dealkylation sites (N-methyl/N-ethyl adjacent to an activating group) is 1. The van der Waals surface area contributed by atoms with Crippen LogP contribution in [0.2, 0.25) is 0 Å². The average molecular weight is 388 g/mol. The van der Waals surface area contributed by atoms with Gasteiger partial charge in [-0.05, 0) is 19.1 Å². The third kappa shape index (κ3) is 5.78. The second kappa shape index (κ2) is 8.62. The highest BCUT2D eigenvalue weighted by Gasteiger charge is 2.39.